The predicted molar refractivity (Wildman–Crippen MR) is 165 cm³/mol. The number of methoxy groups -OCH3 is 1. The topological polar surface area (TPSA) is 79.1 Å². The van der Waals surface area contributed by atoms with Crippen molar-refractivity contribution in [1.29, 1.82) is 0 Å². The van der Waals surface area contributed by atoms with Crippen molar-refractivity contribution >= 4 is 23.4 Å². The fourth-order valence-corrected chi connectivity index (χ4v) is 6.00. The molecule has 2 heterocycles. The van der Waals surface area contributed by atoms with E-state index in [0.29, 0.717) is 38.0 Å². The minimum Gasteiger partial charge on any atom is -0.493 e. The number of benzene rings is 3. The number of esters is 1. The van der Waals surface area contributed by atoms with Crippen LogP contribution in [0.3, 0.4) is 0 Å². The van der Waals surface area contributed by atoms with Crippen molar-refractivity contribution < 1.29 is 23.4 Å². The number of carbonyl (C=O) groups excluding carboxylic acids is 1. The number of nitrogens with zero attached hydrogens (tertiary/aromatic N) is 2. The number of halogens is 1. The van der Waals surface area contributed by atoms with E-state index in [1.807, 2.05) is 30.3 Å². The Hall–Kier alpha value is -4.50. The lowest BCUT2D eigenvalue weighted by atomic mass is 9.93. The van der Waals surface area contributed by atoms with Gasteiger partial charge < -0.3 is 14.2 Å². The minimum absolute atomic E-state index is 0.213. The van der Waals surface area contributed by atoms with Crippen LogP contribution in [0.1, 0.15) is 61.9 Å². The van der Waals surface area contributed by atoms with Crippen LogP contribution >= 0.6 is 11.3 Å². The zero-order valence-electron chi connectivity index (χ0n) is 24.7. The van der Waals surface area contributed by atoms with E-state index in [4.69, 9.17) is 14.2 Å². The smallest absolute Gasteiger partial charge is 0.338 e. The fourth-order valence-electron chi connectivity index (χ4n) is 4.96. The molecule has 222 valence electrons. The number of rotatable bonds is 9. The number of ether oxygens (including phenoxy) is 3. The number of allylic oxidation sites excluding steroid dienone is 1. The first-order valence-electron chi connectivity index (χ1n) is 14.0. The van der Waals surface area contributed by atoms with Gasteiger partial charge in [-0.2, -0.15) is 0 Å². The van der Waals surface area contributed by atoms with E-state index in [2.05, 4.69) is 18.8 Å². The lowest BCUT2D eigenvalue weighted by molar-refractivity contribution is -0.139. The zero-order valence-corrected chi connectivity index (χ0v) is 25.5. The van der Waals surface area contributed by atoms with Crippen LogP contribution in [0.5, 0.6) is 11.5 Å². The second-order valence-corrected chi connectivity index (χ2v) is 11.5. The number of thiazole rings is 1. The highest BCUT2D eigenvalue weighted by molar-refractivity contribution is 7.07. The third-order valence-electron chi connectivity index (χ3n) is 7.23. The normalized spacial score (nSPS) is 14.9. The Labute approximate surface area is 253 Å². The molecule has 0 aliphatic carbocycles. The van der Waals surface area contributed by atoms with Gasteiger partial charge in [-0.15, -0.1) is 0 Å². The van der Waals surface area contributed by atoms with E-state index in [9.17, 15) is 14.0 Å². The average Bonchev–Trinajstić information content (AvgIpc) is 3.30. The predicted octanol–water partition coefficient (Wildman–Crippen LogP) is 5.65. The van der Waals surface area contributed by atoms with Gasteiger partial charge in [0, 0.05) is 0 Å². The highest BCUT2D eigenvalue weighted by Crippen LogP contribution is 2.32. The Balaban J connectivity index is 1.54. The summed E-state index contributed by atoms with van der Waals surface area (Å²) >= 11 is 1.26. The summed E-state index contributed by atoms with van der Waals surface area (Å²) in [4.78, 5) is 32.2. The molecule has 1 aliphatic heterocycles. The van der Waals surface area contributed by atoms with Crippen LogP contribution in [0.15, 0.2) is 87.8 Å². The highest BCUT2D eigenvalue weighted by atomic mass is 32.1. The van der Waals surface area contributed by atoms with E-state index >= 15 is 0 Å². The summed E-state index contributed by atoms with van der Waals surface area (Å²) in [7, 11) is 1.54. The van der Waals surface area contributed by atoms with Gasteiger partial charge in [0.2, 0.25) is 0 Å². The summed E-state index contributed by atoms with van der Waals surface area (Å²) in [5.41, 5.74) is 4.13. The van der Waals surface area contributed by atoms with Crippen molar-refractivity contribution in [3.8, 4) is 11.5 Å². The largest absolute Gasteiger partial charge is 0.493 e. The molecule has 1 atom stereocenters. The Morgan fingerprint density at radius 3 is 2.44 bits per heavy atom. The molecule has 0 bridgehead atoms. The van der Waals surface area contributed by atoms with Crippen molar-refractivity contribution in [2.75, 3.05) is 13.7 Å². The molecule has 3 aromatic carbocycles. The Morgan fingerprint density at radius 2 is 1.79 bits per heavy atom. The summed E-state index contributed by atoms with van der Waals surface area (Å²) in [5, 5.41) is 0. The van der Waals surface area contributed by atoms with Gasteiger partial charge in [0.1, 0.15) is 12.4 Å². The van der Waals surface area contributed by atoms with Gasteiger partial charge in [0.05, 0.1) is 35.6 Å². The maximum Gasteiger partial charge on any atom is 0.338 e. The van der Waals surface area contributed by atoms with E-state index in [1.54, 1.807) is 55.9 Å². The summed E-state index contributed by atoms with van der Waals surface area (Å²) in [5.74, 6) is 0.558. The molecular weight excluding hydrogens is 567 g/mol. The summed E-state index contributed by atoms with van der Waals surface area (Å²) < 4.78 is 32.1. The fraction of sp³-hybridized carbons (Fsp3) is 0.265. The van der Waals surface area contributed by atoms with E-state index in [1.165, 1.54) is 23.5 Å². The van der Waals surface area contributed by atoms with Crippen LogP contribution in [0.4, 0.5) is 4.39 Å². The zero-order chi connectivity index (χ0) is 30.7. The molecule has 0 spiro atoms. The van der Waals surface area contributed by atoms with Crippen molar-refractivity contribution in [1.82, 2.24) is 4.57 Å². The molecule has 9 heteroatoms. The molecule has 0 unspecified atom stereocenters. The van der Waals surface area contributed by atoms with Crippen LogP contribution in [0.2, 0.25) is 0 Å². The van der Waals surface area contributed by atoms with Crippen LogP contribution in [-0.4, -0.2) is 24.3 Å². The van der Waals surface area contributed by atoms with E-state index in [0.717, 1.165) is 22.3 Å². The number of hydrogen-bond donors (Lipinski definition) is 0. The van der Waals surface area contributed by atoms with Crippen molar-refractivity contribution in [3.63, 3.8) is 0 Å². The SMILES string of the molecule is CCOC(=O)C1=C(C)N=c2s/c(=C\c3ccc(OCc4ccc(F)cc4)c(OC)c3)c(=O)n2[C@@H]1c1ccc(C(C)C)cc1. The minimum atomic E-state index is -0.671. The second-order valence-electron chi connectivity index (χ2n) is 10.4. The molecule has 5 rings (SSSR count). The van der Waals surface area contributed by atoms with E-state index in [-0.39, 0.29) is 24.6 Å². The molecule has 43 heavy (non-hydrogen) atoms. The number of hydrogen-bond acceptors (Lipinski definition) is 7. The Morgan fingerprint density at radius 1 is 1.07 bits per heavy atom. The first-order valence-corrected chi connectivity index (χ1v) is 14.9. The van der Waals surface area contributed by atoms with Crippen LogP contribution < -0.4 is 24.4 Å². The molecule has 0 fully saturated rings. The molecule has 0 saturated heterocycles. The molecule has 0 N–H and O–H groups in total. The number of carbonyl (C=O) groups is 1. The molecule has 0 saturated carbocycles. The summed E-state index contributed by atoms with van der Waals surface area (Å²) in [6.07, 6.45) is 1.78. The van der Waals surface area contributed by atoms with Crippen LogP contribution in [0, 0.1) is 5.82 Å². The van der Waals surface area contributed by atoms with Gasteiger partial charge in [-0.05, 0) is 72.4 Å². The number of fused-ring (bicyclic) bond motifs is 1. The first kappa shape index (κ1) is 30.0. The molecule has 1 aliphatic rings. The van der Waals surface area contributed by atoms with Gasteiger partial charge in [-0.3, -0.25) is 9.36 Å². The van der Waals surface area contributed by atoms with Crippen molar-refractivity contribution in [2.45, 2.75) is 46.3 Å². The molecule has 4 aromatic rings. The van der Waals surface area contributed by atoms with Gasteiger partial charge in [-0.25, -0.2) is 14.2 Å². The van der Waals surface area contributed by atoms with Crippen molar-refractivity contribution in [3.05, 3.63) is 126 Å². The van der Waals surface area contributed by atoms with Gasteiger partial charge in [-0.1, -0.05) is 67.6 Å². The third kappa shape index (κ3) is 6.32. The molecule has 0 radical (unpaired) electrons. The summed E-state index contributed by atoms with van der Waals surface area (Å²) in [6.45, 7) is 8.22. The maximum absolute atomic E-state index is 13.9. The van der Waals surface area contributed by atoms with E-state index < -0.39 is 12.0 Å². The standard InChI is InChI=1S/C34H33FN2O5S/c1-6-41-33(39)30-21(4)36-34-37(31(30)25-12-10-24(11-13-25)20(2)3)32(38)29(43-34)18-23-9-16-27(28(17-23)40-5)42-19-22-7-14-26(35)15-8-22/h7-18,20,31H,6,19H2,1-5H3/b29-18-/t31-/m1/s1. The molecule has 0 amide bonds. The highest BCUT2D eigenvalue weighted by Gasteiger charge is 2.33. The average molecular weight is 601 g/mol. The second kappa shape index (κ2) is 12.8. The third-order valence-corrected chi connectivity index (χ3v) is 8.21. The van der Waals surface area contributed by atoms with Gasteiger partial charge in [0.25, 0.3) is 5.56 Å². The lowest BCUT2D eigenvalue weighted by Crippen LogP contribution is -2.39. The van der Waals surface area contributed by atoms with Crippen molar-refractivity contribution in [2.24, 2.45) is 4.99 Å². The monoisotopic (exact) mass is 600 g/mol. The molecule has 7 nitrogen and oxygen atoms in total. The van der Waals surface area contributed by atoms with Gasteiger partial charge >= 0.3 is 5.97 Å². The first-order chi connectivity index (χ1) is 20.7. The van der Waals surface area contributed by atoms with Crippen LogP contribution in [-0.2, 0) is 16.1 Å². The van der Waals surface area contributed by atoms with Crippen LogP contribution in [0.25, 0.3) is 6.08 Å². The van der Waals surface area contributed by atoms with Gasteiger partial charge in [0.15, 0.2) is 16.3 Å². The molecular formula is C34H33FN2O5S. The molecule has 1 aromatic heterocycles. The summed E-state index contributed by atoms with van der Waals surface area (Å²) in [6, 6.07) is 18.8. The maximum atomic E-state index is 13.9. The lowest BCUT2D eigenvalue weighted by Gasteiger charge is -2.25. The number of aromatic nitrogens is 1. The Bertz CT molecular complexity index is 1850. The quantitative estimate of drug-likeness (QED) is 0.232. The Kier molecular flexibility index (Phi) is 8.92.